The maximum absolute atomic E-state index is 12.9. The first-order valence-corrected chi connectivity index (χ1v) is 6.39. The monoisotopic (exact) mass is 299 g/mol. The second kappa shape index (κ2) is 7.65. The number of nitrogens with one attached hydrogen (secondary N) is 1. The van der Waals surface area contributed by atoms with Crippen LogP contribution in [0.5, 0.6) is 0 Å². The second-order valence-corrected chi connectivity index (χ2v) is 4.64. The first-order valence-electron chi connectivity index (χ1n) is 6.01. The van der Waals surface area contributed by atoms with Crippen molar-refractivity contribution in [1.29, 1.82) is 0 Å². The molecule has 0 aliphatic carbocycles. The molecule has 6 heteroatoms. The third kappa shape index (κ3) is 5.01. The first-order chi connectivity index (χ1) is 9.43. The molecule has 0 spiro atoms. The van der Waals surface area contributed by atoms with Crippen molar-refractivity contribution in [3.63, 3.8) is 0 Å². The summed E-state index contributed by atoms with van der Waals surface area (Å²) in [6.45, 7) is 3.50. The molecular weight excluding hydrogens is 285 g/mol. The van der Waals surface area contributed by atoms with Crippen LogP contribution < -0.4 is 5.32 Å². The van der Waals surface area contributed by atoms with Gasteiger partial charge in [0, 0.05) is 5.02 Å². The quantitative estimate of drug-likeness (QED) is 0.760. The highest BCUT2D eigenvalue weighted by molar-refractivity contribution is 6.31. The maximum Gasteiger partial charge on any atom is 0.326 e. The highest BCUT2D eigenvalue weighted by Crippen LogP contribution is 2.17. The summed E-state index contributed by atoms with van der Waals surface area (Å²) in [6.07, 6.45) is 2.23. The van der Waals surface area contributed by atoms with Gasteiger partial charge in [0.25, 0.3) is 0 Å². The van der Waals surface area contributed by atoms with E-state index >= 15 is 0 Å². The van der Waals surface area contributed by atoms with E-state index < -0.39 is 23.7 Å². The molecule has 1 unspecified atom stereocenters. The van der Waals surface area contributed by atoms with Gasteiger partial charge < -0.3 is 10.4 Å². The summed E-state index contributed by atoms with van der Waals surface area (Å²) in [5.74, 6) is -2.08. The molecule has 0 radical (unpaired) electrons. The Balaban J connectivity index is 2.65. The second-order valence-electron chi connectivity index (χ2n) is 4.24. The Kier molecular flexibility index (Phi) is 6.18. The summed E-state index contributed by atoms with van der Waals surface area (Å²) in [5, 5.41) is 11.5. The van der Waals surface area contributed by atoms with Gasteiger partial charge in [0.2, 0.25) is 5.91 Å². The minimum Gasteiger partial charge on any atom is -0.480 e. The molecule has 108 valence electrons. The number of rotatable bonds is 7. The number of carboxylic acid groups (broad SMARTS) is 1. The van der Waals surface area contributed by atoms with Gasteiger partial charge in [-0.2, -0.15) is 0 Å². The predicted molar refractivity (Wildman–Crippen MR) is 74.1 cm³/mol. The number of carbonyl (C=O) groups is 2. The van der Waals surface area contributed by atoms with Crippen molar-refractivity contribution in [2.75, 3.05) is 0 Å². The van der Waals surface area contributed by atoms with E-state index in [1.807, 2.05) is 0 Å². The lowest BCUT2D eigenvalue weighted by atomic mass is 10.1. The molecule has 4 nitrogen and oxygen atoms in total. The normalized spacial score (nSPS) is 11.7. The van der Waals surface area contributed by atoms with Crippen molar-refractivity contribution in [1.82, 2.24) is 5.32 Å². The lowest BCUT2D eigenvalue weighted by Gasteiger charge is -2.14. The Bertz CT molecular complexity index is 519. The zero-order valence-electron chi connectivity index (χ0n) is 10.7. The SMILES string of the molecule is C=CCCC(NC(=O)Cc1ccc(F)cc1Cl)C(=O)O. The van der Waals surface area contributed by atoms with Crippen molar-refractivity contribution in [3.8, 4) is 0 Å². The number of benzene rings is 1. The average molecular weight is 300 g/mol. The predicted octanol–water partition coefficient (Wildman–Crippen LogP) is 2.56. The molecule has 2 N–H and O–H groups in total. The van der Waals surface area contributed by atoms with Gasteiger partial charge in [-0.25, -0.2) is 9.18 Å². The zero-order chi connectivity index (χ0) is 15.1. The van der Waals surface area contributed by atoms with E-state index in [4.69, 9.17) is 16.7 Å². The fourth-order valence-electron chi connectivity index (χ4n) is 1.63. The van der Waals surface area contributed by atoms with Gasteiger partial charge in [0.05, 0.1) is 6.42 Å². The fraction of sp³-hybridized carbons (Fsp3) is 0.286. The summed E-state index contributed by atoms with van der Waals surface area (Å²) in [6, 6.07) is 2.73. The number of hydrogen-bond donors (Lipinski definition) is 2. The molecule has 0 aliphatic heterocycles. The van der Waals surface area contributed by atoms with E-state index in [1.54, 1.807) is 6.08 Å². The molecular formula is C14H15ClFNO3. The van der Waals surface area contributed by atoms with Crippen LogP contribution in [0.4, 0.5) is 4.39 Å². The van der Waals surface area contributed by atoms with Crippen molar-refractivity contribution < 1.29 is 19.1 Å². The van der Waals surface area contributed by atoms with Crippen LogP contribution in [-0.2, 0) is 16.0 Å². The molecule has 20 heavy (non-hydrogen) atoms. The Morgan fingerprint density at radius 3 is 2.75 bits per heavy atom. The van der Waals surface area contributed by atoms with Crippen LogP contribution in [0, 0.1) is 5.82 Å². The van der Waals surface area contributed by atoms with Crippen molar-refractivity contribution in [3.05, 3.63) is 47.3 Å². The molecule has 1 aromatic rings. The lowest BCUT2D eigenvalue weighted by molar-refractivity contribution is -0.141. The van der Waals surface area contributed by atoms with E-state index in [1.165, 1.54) is 12.1 Å². The summed E-state index contributed by atoms with van der Waals surface area (Å²) >= 11 is 5.81. The van der Waals surface area contributed by atoms with Gasteiger partial charge in [-0.1, -0.05) is 23.7 Å². The molecule has 1 amide bonds. The van der Waals surface area contributed by atoms with Crippen LogP contribution in [0.25, 0.3) is 0 Å². The Labute approximate surface area is 121 Å². The number of allylic oxidation sites excluding steroid dienone is 1. The molecule has 0 saturated carbocycles. The number of hydrogen-bond acceptors (Lipinski definition) is 2. The molecule has 0 bridgehead atoms. The van der Waals surface area contributed by atoms with Crippen LogP contribution in [0.3, 0.4) is 0 Å². The Hall–Kier alpha value is -1.88. The third-order valence-corrected chi connectivity index (χ3v) is 3.01. The molecule has 1 aromatic carbocycles. The minimum atomic E-state index is -1.11. The van der Waals surface area contributed by atoms with Crippen LogP contribution in [0.2, 0.25) is 5.02 Å². The van der Waals surface area contributed by atoms with E-state index in [9.17, 15) is 14.0 Å². The molecule has 1 atom stereocenters. The van der Waals surface area contributed by atoms with Gasteiger partial charge in [-0.15, -0.1) is 6.58 Å². The number of amides is 1. The highest BCUT2D eigenvalue weighted by atomic mass is 35.5. The maximum atomic E-state index is 12.9. The number of halogens is 2. The minimum absolute atomic E-state index is 0.100. The van der Waals surface area contributed by atoms with Gasteiger partial charge in [0.1, 0.15) is 11.9 Å². The third-order valence-electron chi connectivity index (χ3n) is 2.66. The topological polar surface area (TPSA) is 66.4 Å². The Morgan fingerprint density at radius 1 is 1.50 bits per heavy atom. The summed E-state index contributed by atoms with van der Waals surface area (Å²) < 4.78 is 12.9. The van der Waals surface area contributed by atoms with Crippen molar-refractivity contribution >= 4 is 23.5 Å². The smallest absolute Gasteiger partial charge is 0.326 e. The molecule has 0 aliphatic rings. The zero-order valence-corrected chi connectivity index (χ0v) is 11.5. The Morgan fingerprint density at radius 2 is 2.20 bits per heavy atom. The fourth-order valence-corrected chi connectivity index (χ4v) is 1.86. The van der Waals surface area contributed by atoms with Gasteiger partial charge in [-0.3, -0.25) is 4.79 Å². The molecule has 0 aromatic heterocycles. The van der Waals surface area contributed by atoms with Gasteiger partial charge >= 0.3 is 5.97 Å². The number of aliphatic carboxylic acids is 1. The largest absolute Gasteiger partial charge is 0.480 e. The van der Waals surface area contributed by atoms with Crippen molar-refractivity contribution in [2.24, 2.45) is 0 Å². The molecule has 0 fully saturated rings. The highest BCUT2D eigenvalue weighted by Gasteiger charge is 2.19. The van der Waals surface area contributed by atoms with Crippen LogP contribution in [0.15, 0.2) is 30.9 Å². The van der Waals surface area contributed by atoms with E-state index in [-0.39, 0.29) is 17.9 Å². The summed E-state index contributed by atoms with van der Waals surface area (Å²) in [7, 11) is 0. The molecule has 1 rings (SSSR count). The van der Waals surface area contributed by atoms with E-state index in [2.05, 4.69) is 11.9 Å². The number of carbonyl (C=O) groups excluding carboxylic acids is 1. The average Bonchev–Trinajstić information content (AvgIpc) is 2.37. The summed E-state index contributed by atoms with van der Waals surface area (Å²) in [4.78, 5) is 22.8. The standard InChI is InChI=1S/C14H15ClFNO3/c1-2-3-4-12(14(19)20)17-13(18)7-9-5-6-10(16)8-11(9)15/h2,5-6,8,12H,1,3-4,7H2,(H,17,18)(H,19,20). The molecule has 0 heterocycles. The van der Waals surface area contributed by atoms with Crippen LogP contribution in [-0.4, -0.2) is 23.0 Å². The molecule has 0 saturated heterocycles. The first kappa shape index (κ1) is 16.2. The number of carboxylic acids is 1. The van der Waals surface area contributed by atoms with Crippen molar-refractivity contribution in [2.45, 2.75) is 25.3 Å². The summed E-state index contributed by atoms with van der Waals surface area (Å²) in [5.41, 5.74) is 0.443. The lowest BCUT2D eigenvalue weighted by Crippen LogP contribution is -2.41. The van der Waals surface area contributed by atoms with Crippen LogP contribution in [0.1, 0.15) is 18.4 Å². The van der Waals surface area contributed by atoms with E-state index in [0.29, 0.717) is 12.0 Å². The van der Waals surface area contributed by atoms with Crippen LogP contribution >= 0.6 is 11.6 Å². The van der Waals surface area contributed by atoms with Gasteiger partial charge in [-0.05, 0) is 30.5 Å². The van der Waals surface area contributed by atoms with Gasteiger partial charge in [0.15, 0.2) is 0 Å². The van der Waals surface area contributed by atoms with E-state index in [0.717, 1.165) is 6.07 Å².